The standard InChI is InChI=1S/C19H17FN4O3/c20-13-3-1-12(2-4-13)16-11-22-18(27-16)10-9-17(25)23-14-5-7-15(8-6-14)24-19(21)26/h1-8,11H,9-10H2,(H,23,25)(H3,21,24,26). The van der Waals surface area contributed by atoms with Gasteiger partial charge in [-0.1, -0.05) is 0 Å². The van der Waals surface area contributed by atoms with Crippen LogP contribution in [0.3, 0.4) is 0 Å². The van der Waals surface area contributed by atoms with E-state index in [9.17, 15) is 14.0 Å². The Morgan fingerprint density at radius 2 is 1.63 bits per heavy atom. The molecule has 0 spiro atoms. The number of urea groups is 1. The quantitative estimate of drug-likeness (QED) is 0.618. The first kappa shape index (κ1) is 18.1. The van der Waals surface area contributed by atoms with Gasteiger partial charge in [0.1, 0.15) is 5.82 Å². The number of amides is 3. The Morgan fingerprint density at radius 1 is 1.00 bits per heavy atom. The van der Waals surface area contributed by atoms with E-state index >= 15 is 0 Å². The van der Waals surface area contributed by atoms with Gasteiger partial charge in [0.05, 0.1) is 6.20 Å². The average molecular weight is 368 g/mol. The average Bonchev–Trinajstić information content (AvgIpc) is 3.11. The Labute approximate surface area is 154 Å². The first-order valence-electron chi connectivity index (χ1n) is 8.16. The number of halogens is 1. The van der Waals surface area contributed by atoms with Crippen molar-refractivity contribution < 1.29 is 18.4 Å². The van der Waals surface area contributed by atoms with Gasteiger partial charge in [0.15, 0.2) is 11.7 Å². The van der Waals surface area contributed by atoms with Gasteiger partial charge in [-0.2, -0.15) is 0 Å². The fourth-order valence-corrected chi connectivity index (χ4v) is 2.40. The normalized spacial score (nSPS) is 10.4. The van der Waals surface area contributed by atoms with Crippen LogP contribution in [-0.2, 0) is 11.2 Å². The van der Waals surface area contributed by atoms with E-state index in [1.807, 2.05) is 0 Å². The molecule has 0 aliphatic heterocycles. The molecule has 8 heteroatoms. The fourth-order valence-electron chi connectivity index (χ4n) is 2.40. The number of oxazole rings is 1. The number of hydrogen-bond donors (Lipinski definition) is 3. The van der Waals surface area contributed by atoms with Crippen LogP contribution in [0.5, 0.6) is 0 Å². The van der Waals surface area contributed by atoms with E-state index < -0.39 is 6.03 Å². The lowest BCUT2D eigenvalue weighted by Gasteiger charge is -2.06. The van der Waals surface area contributed by atoms with E-state index in [0.717, 1.165) is 0 Å². The zero-order chi connectivity index (χ0) is 19.2. The molecule has 0 radical (unpaired) electrons. The number of carbonyl (C=O) groups excluding carboxylic acids is 2. The Hall–Kier alpha value is -3.68. The van der Waals surface area contributed by atoms with E-state index in [1.54, 1.807) is 42.6 Å². The Morgan fingerprint density at radius 3 is 2.26 bits per heavy atom. The lowest BCUT2D eigenvalue weighted by atomic mass is 10.2. The maximum Gasteiger partial charge on any atom is 0.316 e. The number of nitrogens with two attached hydrogens (primary N) is 1. The van der Waals surface area contributed by atoms with Crippen molar-refractivity contribution in [1.29, 1.82) is 0 Å². The first-order chi connectivity index (χ1) is 13.0. The maximum atomic E-state index is 13.0. The molecule has 0 unspecified atom stereocenters. The van der Waals surface area contributed by atoms with Gasteiger partial charge in [-0.3, -0.25) is 4.79 Å². The predicted octanol–water partition coefficient (Wildman–Crippen LogP) is 3.54. The summed E-state index contributed by atoms with van der Waals surface area (Å²) in [4.78, 5) is 27.0. The summed E-state index contributed by atoms with van der Waals surface area (Å²) in [6.45, 7) is 0. The Kier molecular flexibility index (Phi) is 5.46. The summed E-state index contributed by atoms with van der Waals surface area (Å²) < 4.78 is 18.6. The molecule has 0 aliphatic carbocycles. The molecule has 0 aliphatic rings. The van der Waals surface area contributed by atoms with Gasteiger partial charge in [0.25, 0.3) is 0 Å². The Bertz CT molecular complexity index is 936. The number of benzene rings is 2. The van der Waals surface area contributed by atoms with Crippen molar-refractivity contribution in [3.05, 3.63) is 66.4 Å². The number of carbonyl (C=O) groups is 2. The summed E-state index contributed by atoms with van der Waals surface area (Å²) in [5, 5.41) is 5.18. The molecule has 3 amide bonds. The maximum absolute atomic E-state index is 13.0. The third-order valence-corrected chi connectivity index (χ3v) is 3.68. The molecule has 0 saturated carbocycles. The molecule has 27 heavy (non-hydrogen) atoms. The summed E-state index contributed by atoms with van der Waals surface area (Å²) in [6, 6.07) is 11.8. The number of nitrogens with one attached hydrogen (secondary N) is 2. The molecule has 0 bridgehead atoms. The molecule has 0 fully saturated rings. The number of hydrogen-bond acceptors (Lipinski definition) is 4. The second kappa shape index (κ2) is 8.13. The van der Waals surface area contributed by atoms with Crippen molar-refractivity contribution in [2.45, 2.75) is 12.8 Å². The molecule has 0 atom stereocenters. The molecule has 0 saturated heterocycles. The minimum atomic E-state index is -0.655. The molecule has 1 aromatic heterocycles. The lowest BCUT2D eigenvalue weighted by molar-refractivity contribution is -0.116. The van der Waals surface area contributed by atoms with Crippen LogP contribution in [0.1, 0.15) is 12.3 Å². The van der Waals surface area contributed by atoms with Crippen LogP contribution in [-0.4, -0.2) is 16.9 Å². The summed E-state index contributed by atoms with van der Waals surface area (Å²) >= 11 is 0. The summed E-state index contributed by atoms with van der Waals surface area (Å²) in [7, 11) is 0. The van der Waals surface area contributed by atoms with Gasteiger partial charge in [-0.15, -0.1) is 0 Å². The van der Waals surface area contributed by atoms with Gasteiger partial charge >= 0.3 is 6.03 Å². The molecule has 4 N–H and O–H groups in total. The van der Waals surface area contributed by atoms with E-state index in [0.29, 0.717) is 35.0 Å². The van der Waals surface area contributed by atoms with E-state index in [-0.39, 0.29) is 18.1 Å². The van der Waals surface area contributed by atoms with Crippen molar-refractivity contribution in [3.8, 4) is 11.3 Å². The number of primary amides is 1. The van der Waals surface area contributed by atoms with Crippen LogP contribution in [0.2, 0.25) is 0 Å². The highest BCUT2D eigenvalue weighted by Crippen LogP contribution is 2.21. The van der Waals surface area contributed by atoms with Crippen LogP contribution in [0.4, 0.5) is 20.6 Å². The highest BCUT2D eigenvalue weighted by molar-refractivity contribution is 5.92. The zero-order valence-electron chi connectivity index (χ0n) is 14.2. The van der Waals surface area contributed by atoms with Crippen LogP contribution >= 0.6 is 0 Å². The summed E-state index contributed by atoms with van der Waals surface area (Å²) in [5.41, 5.74) is 6.87. The topological polar surface area (TPSA) is 110 Å². The van der Waals surface area contributed by atoms with Gasteiger partial charge in [0.2, 0.25) is 5.91 Å². The van der Waals surface area contributed by atoms with Crippen LogP contribution < -0.4 is 16.4 Å². The van der Waals surface area contributed by atoms with Crippen molar-refractivity contribution in [2.75, 3.05) is 10.6 Å². The molecular weight excluding hydrogens is 351 g/mol. The molecule has 138 valence electrons. The minimum Gasteiger partial charge on any atom is -0.441 e. The van der Waals surface area contributed by atoms with E-state index in [2.05, 4.69) is 15.6 Å². The molecule has 2 aromatic carbocycles. The van der Waals surface area contributed by atoms with Crippen LogP contribution in [0.25, 0.3) is 11.3 Å². The summed E-state index contributed by atoms with van der Waals surface area (Å²) in [5.74, 6) is 0.411. The smallest absolute Gasteiger partial charge is 0.316 e. The van der Waals surface area contributed by atoms with Crippen molar-refractivity contribution in [1.82, 2.24) is 4.98 Å². The number of nitrogens with zero attached hydrogens (tertiary/aromatic N) is 1. The molecule has 3 aromatic rings. The zero-order valence-corrected chi connectivity index (χ0v) is 14.2. The number of anilines is 2. The third kappa shape index (κ3) is 5.15. The second-order valence-corrected chi connectivity index (χ2v) is 5.74. The fraction of sp³-hybridized carbons (Fsp3) is 0.105. The second-order valence-electron chi connectivity index (χ2n) is 5.74. The SMILES string of the molecule is NC(=O)Nc1ccc(NC(=O)CCc2ncc(-c3ccc(F)cc3)o2)cc1. The van der Waals surface area contributed by atoms with Crippen molar-refractivity contribution in [2.24, 2.45) is 5.73 Å². The molecule has 1 heterocycles. The van der Waals surface area contributed by atoms with Gasteiger partial charge in [0, 0.05) is 29.8 Å². The van der Waals surface area contributed by atoms with Crippen molar-refractivity contribution >= 4 is 23.3 Å². The number of rotatable bonds is 6. The first-order valence-corrected chi connectivity index (χ1v) is 8.16. The van der Waals surface area contributed by atoms with E-state index in [1.165, 1.54) is 12.1 Å². The lowest BCUT2D eigenvalue weighted by Crippen LogP contribution is -2.19. The highest BCUT2D eigenvalue weighted by Gasteiger charge is 2.09. The monoisotopic (exact) mass is 368 g/mol. The molecule has 3 rings (SSSR count). The molecule has 7 nitrogen and oxygen atoms in total. The van der Waals surface area contributed by atoms with Crippen molar-refractivity contribution in [3.63, 3.8) is 0 Å². The Balaban J connectivity index is 1.52. The van der Waals surface area contributed by atoms with E-state index in [4.69, 9.17) is 10.2 Å². The molecular formula is C19H17FN4O3. The van der Waals surface area contributed by atoms with Crippen LogP contribution in [0, 0.1) is 5.82 Å². The minimum absolute atomic E-state index is 0.185. The third-order valence-electron chi connectivity index (χ3n) is 3.68. The predicted molar refractivity (Wildman–Crippen MR) is 98.5 cm³/mol. The highest BCUT2D eigenvalue weighted by atomic mass is 19.1. The largest absolute Gasteiger partial charge is 0.441 e. The van der Waals surface area contributed by atoms with Gasteiger partial charge in [-0.25, -0.2) is 14.2 Å². The number of aryl methyl sites for hydroxylation is 1. The van der Waals surface area contributed by atoms with Crippen LogP contribution in [0.15, 0.2) is 59.1 Å². The van der Waals surface area contributed by atoms with Gasteiger partial charge in [-0.05, 0) is 48.5 Å². The van der Waals surface area contributed by atoms with Gasteiger partial charge < -0.3 is 20.8 Å². The summed E-state index contributed by atoms with van der Waals surface area (Å²) in [6.07, 6.45) is 2.06. The number of aromatic nitrogens is 1.